The average molecular weight is 439 g/mol. The van der Waals surface area contributed by atoms with E-state index in [0.29, 0.717) is 48.1 Å². The van der Waals surface area contributed by atoms with E-state index in [1.165, 1.54) is 18.4 Å². The van der Waals surface area contributed by atoms with Gasteiger partial charge in [0.1, 0.15) is 11.5 Å². The maximum atomic E-state index is 12.8. The lowest BCUT2D eigenvalue weighted by Gasteiger charge is -2.34. The lowest BCUT2D eigenvalue weighted by atomic mass is 10.1. The zero-order chi connectivity index (χ0) is 18.7. The van der Waals surface area contributed by atoms with Crippen molar-refractivity contribution < 1.29 is 19.1 Å². The van der Waals surface area contributed by atoms with Crippen LogP contribution >= 0.6 is 27.3 Å². The van der Waals surface area contributed by atoms with E-state index >= 15 is 0 Å². The van der Waals surface area contributed by atoms with E-state index in [9.17, 15) is 9.59 Å². The van der Waals surface area contributed by atoms with Crippen LogP contribution in [0.4, 0.5) is 0 Å². The van der Waals surface area contributed by atoms with Crippen LogP contribution in [-0.4, -0.2) is 62.0 Å². The van der Waals surface area contributed by atoms with Crippen molar-refractivity contribution in [3.05, 3.63) is 44.6 Å². The Morgan fingerprint density at radius 2 is 1.62 bits per heavy atom. The molecule has 26 heavy (non-hydrogen) atoms. The molecule has 0 unspecified atom stereocenters. The molecule has 2 aromatic rings. The van der Waals surface area contributed by atoms with Crippen LogP contribution in [0.3, 0.4) is 0 Å². The first-order valence-corrected chi connectivity index (χ1v) is 9.70. The largest absolute Gasteiger partial charge is 0.497 e. The van der Waals surface area contributed by atoms with Crippen molar-refractivity contribution >= 4 is 39.1 Å². The lowest BCUT2D eigenvalue weighted by molar-refractivity contribution is 0.0536. The van der Waals surface area contributed by atoms with Gasteiger partial charge in [0.25, 0.3) is 11.8 Å². The summed E-state index contributed by atoms with van der Waals surface area (Å²) in [6.45, 7) is 2.01. The van der Waals surface area contributed by atoms with Gasteiger partial charge in [-0.25, -0.2) is 0 Å². The molecule has 0 radical (unpaired) electrons. The SMILES string of the molecule is COc1ccc(C(=O)N2CCN(C(=O)c3ccc(Br)s3)CC2)c(OC)c1. The highest BCUT2D eigenvalue weighted by Crippen LogP contribution is 2.27. The number of nitrogens with zero attached hydrogens (tertiary/aromatic N) is 2. The van der Waals surface area contributed by atoms with Crippen LogP contribution in [0.2, 0.25) is 0 Å². The number of benzene rings is 1. The molecule has 1 aliphatic rings. The van der Waals surface area contributed by atoms with Crippen LogP contribution in [0, 0.1) is 0 Å². The minimum atomic E-state index is -0.101. The number of hydrogen-bond donors (Lipinski definition) is 0. The van der Waals surface area contributed by atoms with E-state index in [4.69, 9.17) is 9.47 Å². The molecule has 1 aliphatic heterocycles. The monoisotopic (exact) mass is 438 g/mol. The van der Waals surface area contributed by atoms with Gasteiger partial charge in [0.2, 0.25) is 0 Å². The minimum Gasteiger partial charge on any atom is -0.497 e. The third kappa shape index (κ3) is 3.86. The zero-order valence-corrected chi connectivity index (χ0v) is 16.9. The van der Waals surface area contributed by atoms with Crippen molar-refractivity contribution in [2.75, 3.05) is 40.4 Å². The van der Waals surface area contributed by atoms with Crippen LogP contribution in [-0.2, 0) is 0 Å². The van der Waals surface area contributed by atoms with E-state index in [1.54, 1.807) is 35.1 Å². The molecule has 1 fully saturated rings. The Labute approximate surface area is 164 Å². The molecule has 138 valence electrons. The van der Waals surface area contributed by atoms with Crippen LogP contribution in [0.25, 0.3) is 0 Å². The molecule has 6 nitrogen and oxygen atoms in total. The number of piperazine rings is 1. The normalized spacial score (nSPS) is 14.3. The molecule has 0 aliphatic carbocycles. The summed E-state index contributed by atoms with van der Waals surface area (Å²) < 4.78 is 11.4. The number of halogens is 1. The Morgan fingerprint density at radius 1 is 0.962 bits per heavy atom. The van der Waals surface area contributed by atoms with Crippen LogP contribution < -0.4 is 9.47 Å². The fraction of sp³-hybridized carbons (Fsp3) is 0.333. The average Bonchev–Trinajstić information content (AvgIpc) is 3.12. The van der Waals surface area contributed by atoms with Gasteiger partial charge < -0.3 is 19.3 Å². The molecule has 3 rings (SSSR count). The molecule has 0 N–H and O–H groups in total. The highest BCUT2D eigenvalue weighted by molar-refractivity contribution is 9.11. The van der Waals surface area contributed by atoms with Gasteiger partial charge in [-0.1, -0.05) is 0 Å². The quantitative estimate of drug-likeness (QED) is 0.735. The topological polar surface area (TPSA) is 59.1 Å². The number of ether oxygens (including phenoxy) is 2. The summed E-state index contributed by atoms with van der Waals surface area (Å²) in [5.74, 6) is 1.03. The summed E-state index contributed by atoms with van der Waals surface area (Å²) in [6, 6.07) is 8.83. The second kappa shape index (κ2) is 8.09. The molecular formula is C18H19BrN2O4S. The van der Waals surface area contributed by atoms with Gasteiger partial charge in [0.05, 0.1) is 28.4 Å². The number of carbonyl (C=O) groups excluding carboxylic acids is 2. The molecule has 1 aromatic heterocycles. The molecule has 0 atom stereocenters. The van der Waals surface area contributed by atoms with Crippen LogP contribution in [0.15, 0.2) is 34.1 Å². The molecule has 2 heterocycles. The summed E-state index contributed by atoms with van der Waals surface area (Å²) in [6.07, 6.45) is 0. The zero-order valence-electron chi connectivity index (χ0n) is 14.5. The van der Waals surface area contributed by atoms with Crippen molar-refractivity contribution in [1.82, 2.24) is 9.80 Å². The maximum absolute atomic E-state index is 12.8. The van der Waals surface area contributed by atoms with E-state index in [1.807, 2.05) is 12.1 Å². The standard InChI is InChI=1S/C18H19BrN2O4S/c1-24-12-3-4-13(14(11-12)25-2)17(22)20-7-9-21(10-8-20)18(23)15-5-6-16(19)26-15/h3-6,11H,7-10H2,1-2H3. The van der Waals surface area contributed by atoms with Gasteiger partial charge in [0, 0.05) is 32.2 Å². The maximum Gasteiger partial charge on any atom is 0.264 e. The Bertz CT molecular complexity index is 815. The molecule has 1 aromatic carbocycles. The van der Waals surface area contributed by atoms with Crippen LogP contribution in [0.5, 0.6) is 11.5 Å². The Morgan fingerprint density at radius 3 is 2.15 bits per heavy atom. The fourth-order valence-electron chi connectivity index (χ4n) is 2.84. The van der Waals surface area contributed by atoms with Gasteiger partial charge in [-0.15, -0.1) is 11.3 Å². The van der Waals surface area contributed by atoms with Crippen molar-refractivity contribution in [1.29, 1.82) is 0 Å². The summed E-state index contributed by atoms with van der Waals surface area (Å²) in [5, 5.41) is 0. The summed E-state index contributed by atoms with van der Waals surface area (Å²) in [5.41, 5.74) is 0.496. The van der Waals surface area contributed by atoms with E-state index < -0.39 is 0 Å². The van der Waals surface area contributed by atoms with Crippen molar-refractivity contribution in [2.45, 2.75) is 0 Å². The second-order valence-corrected chi connectivity index (χ2v) is 8.22. The number of rotatable bonds is 4. The highest BCUT2D eigenvalue weighted by atomic mass is 79.9. The van der Waals surface area contributed by atoms with Crippen molar-refractivity contribution in [3.8, 4) is 11.5 Å². The molecule has 0 saturated carbocycles. The van der Waals surface area contributed by atoms with Gasteiger partial charge in [-0.2, -0.15) is 0 Å². The van der Waals surface area contributed by atoms with E-state index in [-0.39, 0.29) is 11.8 Å². The highest BCUT2D eigenvalue weighted by Gasteiger charge is 2.27. The number of hydrogen-bond acceptors (Lipinski definition) is 5. The smallest absolute Gasteiger partial charge is 0.264 e. The fourth-order valence-corrected chi connectivity index (χ4v) is 4.20. The van der Waals surface area contributed by atoms with E-state index in [0.717, 1.165) is 3.79 Å². The first-order chi connectivity index (χ1) is 12.5. The number of amides is 2. The van der Waals surface area contributed by atoms with Gasteiger partial charge in [-0.05, 0) is 40.2 Å². The number of carbonyl (C=O) groups is 2. The summed E-state index contributed by atoms with van der Waals surface area (Å²) >= 11 is 4.80. The summed E-state index contributed by atoms with van der Waals surface area (Å²) in [4.78, 5) is 29.6. The Hall–Kier alpha value is -2.06. The molecule has 0 spiro atoms. The second-order valence-electron chi connectivity index (χ2n) is 5.75. The van der Waals surface area contributed by atoms with Gasteiger partial charge >= 0.3 is 0 Å². The van der Waals surface area contributed by atoms with E-state index in [2.05, 4.69) is 15.9 Å². The lowest BCUT2D eigenvalue weighted by Crippen LogP contribution is -2.50. The third-order valence-corrected chi connectivity index (χ3v) is 5.89. The minimum absolute atomic E-state index is 0.00910. The predicted molar refractivity (Wildman–Crippen MR) is 103 cm³/mol. The number of thiophene rings is 1. The molecular weight excluding hydrogens is 420 g/mol. The first kappa shape index (κ1) is 18.7. The summed E-state index contributed by atoms with van der Waals surface area (Å²) in [7, 11) is 3.10. The van der Waals surface area contributed by atoms with Crippen molar-refractivity contribution in [2.24, 2.45) is 0 Å². The van der Waals surface area contributed by atoms with Gasteiger partial charge in [0.15, 0.2) is 0 Å². The number of methoxy groups -OCH3 is 2. The first-order valence-electron chi connectivity index (χ1n) is 8.09. The molecule has 8 heteroatoms. The predicted octanol–water partition coefficient (Wildman–Crippen LogP) is 3.13. The van der Waals surface area contributed by atoms with Crippen molar-refractivity contribution in [3.63, 3.8) is 0 Å². The molecule has 1 saturated heterocycles. The third-order valence-electron chi connectivity index (χ3n) is 4.28. The Kier molecular flexibility index (Phi) is 5.83. The van der Waals surface area contributed by atoms with Gasteiger partial charge in [-0.3, -0.25) is 9.59 Å². The van der Waals surface area contributed by atoms with Crippen LogP contribution in [0.1, 0.15) is 20.0 Å². The Balaban J connectivity index is 1.66. The molecule has 0 bridgehead atoms. The molecule has 2 amide bonds.